The SMILES string of the molecule is c1ccc(-c2cc(-c3cc(-n4c5ccccc5c5ccccc54)cc(-n4c5ccccc5c5ccccc54)c3)cc(-c3ccccc3)n2)cc1.c1ccc(-c2cccc(-c3cc(-c4cc(-n5c6ccccc6c6ccccc65)cc(-n5c6ccccc6c6ccccc65)c4)cc(-c4ccccc4)n3)c2)cc1. The van der Waals surface area contributed by atoms with Crippen molar-refractivity contribution in [1.82, 2.24) is 28.2 Å². The van der Waals surface area contributed by atoms with Crippen LogP contribution in [0.4, 0.5) is 0 Å². The van der Waals surface area contributed by atoms with Crippen LogP contribution in [0.25, 0.3) is 188 Å². The zero-order chi connectivity index (χ0) is 70.0. The Morgan fingerprint density at radius 3 is 0.594 bits per heavy atom. The van der Waals surface area contributed by atoms with Gasteiger partial charge >= 0.3 is 0 Å². The Bertz CT molecular complexity index is 6400. The van der Waals surface area contributed by atoms with E-state index in [0.717, 1.165) is 90.0 Å². The van der Waals surface area contributed by atoms with E-state index >= 15 is 0 Å². The van der Waals surface area contributed by atoms with Gasteiger partial charge in [0, 0.05) is 88.1 Å². The summed E-state index contributed by atoms with van der Waals surface area (Å²) in [6, 6.07) is 144. The molecule has 0 bridgehead atoms. The number of benzene rings is 15. The third kappa shape index (κ3) is 10.8. The molecule has 6 aromatic heterocycles. The van der Waals surface area contributed by atoms with E-state index < -0.39 is 0 Å². The number of pyridine rings is 2. The first kappa shape index (κ1) is 61.7. The maximum absolute atomic E-state index is 5.33. The van der Waals surface area contributed by atoms with Crippen LogP contribution >= 0.6 is 0 Å². The molecule has 21 rings (SSSR count). The summed E-state index contributed by atoms with van der Waals surface area (Å²) in [5.41, 5.74) is 28.8. The third-order valence-corrected chi connectivity index (χ3v) is 20.9. The van der Waals surface area contributed by atoms with E-state index in [9.17, 15) is 0 Å². The maximum atomic E-state index is 5.33. The highest BCUT2D eigenvalue weighted by Gasteiger charge is 2.22. The van der Waals surface area contributed by atoms with E-state index in [1.165, 1.54) is 98.4 Å². The van der Waals surface area contributed by atoms with Crippen LogP contribution in [-0.4, -0.2) is 28.2 Å². The van der Waals surface area contributed by atoms with Crippen molar-refractivity contribution in [2.75, 3.05) is 0 Å². The molecule has 496 valence electrons. The summed E-state index contributed by atoms with van der Waals surface area (Å²) in [5, 5.41) is 9.93. The molecule has 6 nitrogen and oxygen atoms in total. The van der Waals surface area contributed by atoms with E-state index in [1.807, 2.05) is 0 Å². The van der Waals surface area contributed by atoms with Gasteiger partial charge in [-0.1, -0.05) is 285 Å². The lowest BCUT2D eigenvalue weighted by Crippen LogP contribution is -2.00. The van der Waals surface area contributed by atoms with Crippen molar-refractivity contribution in [3.63, 3.8) is 0 Å². The van der Waals surface area contributed by atoms with Gasteiger partial charge in [0.15, 0.2) is 0 Å². The second-order valence-corrected chi connectivity index (χ2v) is 27.3. The number of rotatable bonds is 11. The fourth-order valence-corrected chi connectivity index (χ4v) is 16.1. The average Bonchev–Trinajstić information content (AvgIpc) is 1.57. The van der Waals surface area contributed by atoms with Gasteiger partial charge in [-0.05, 0) is 149 Å². The Balaban J connectivity index is 0.000000141. The topological polar surface area (TPSA) is 45.5 Å². The van der Waals surface area contributed by atoms with Gasteiger partial charge < -0.3 is 18.3 Å². The maximum Gasteiger partial charge on any atom is 0.0715 e. The summed E-state index contributed by atoms with van der Waals surface area (Å²) in [7, 11) is 0. The second-order valence-electron chi connectivity index (χ2n) is 27.3. The van der Waals surface area contributed by atoms with Crippen molar-refractivity contribution in [3.8, 4) is 101 Å². The van der Waals surface area contributed by atoms with Crippen LogP contribution in [0.5, 0.6) is 0 Å². The minimum absolute atomic E-state index is 0.930. The average molecular weight is 1350 g/mol. The lowest BCUT2D eigenvalue weighted by Gasteiger charge is -2.17. The quantitative estimate of drug-likeness (QED) is 0.130. The lowest BCUT2D eigenvalue weighted by atomic mass is 9.97. The van der Waals surface area contributed by atoms with Crippen LogP contribution in [0.1, 0.15) is 0 Å². The number of hydrogen-bond acceptors (Lipinski definition) is 2. The molecule has 6 heterocycles. The number of nitrogens with zero attached hydrogens (tertiary/aromatic N) is 6. The molecule has 0 unspecified atom stereocenters. The third-order valence-electron chi connectivity index (χ3n) is 20.9. The Morgan fingerprint density at radius 2 is 0.330 bits per heavy atom. The predicted molar refractivity (Wildman–Crippen MR) is 444 cm³/mol. The van der Waals surface area contributed by atoms with Crippen LogP contribution in [0.3, 0.4) is 0 Å². The summed E-state index contributed by atoms with van der Waals surface area (Å²) < 4.78 is 9.69. The molecule has 0 saturated heterocycles. The Hall–Kier alpha value is -14.2. The highest BCUT2D eigenvalue weighted by Crippen LogP contribution is 2.43. The zero-order valence-electron chi connectivity index (χ0n) is 57.8. The molecule has 0 aliphatic carbocycles. The van der Waals surface area contributed by atoms with Crippen LogP contribution in [0, 0.1) is 0 Å². The zero-order valence-corrected chi connectivity index (χ0v) is 57.8. The van der Waals surface area contributed by atoms with Crippen LogP contribution < -0.4 is 0 Å². The van der Waals surface area contributed by atoms with Gasteiger partial charge in [0.25, 0.3) is 0 Å². The highest BCUT2D eigenvalue weighted by atomic mass is 15.0. The molecule has 15 aromatic carbocycles. The van der Waals surface area contributed by atoms with Crippen molar-refractivity contribution in [2.45, 2.75) is 0 Å². The van der Waals surface area contributed by atoms with E-state index in [0.29, 0.717) is 0 Å². The molecule has 0 fully saturated rings. The van der Waals surface area contributed by atoms with Crippen molar-refractivity contribution >= 4 is 87.2 Å². The van der Waals surface area contributed by atoms with Crippen molar-refractivity contribution in [3.05, 3.63) is 400 Å². The minimum Gasteiger partial charge on any atom is -0.309 e. The first-order chi connectivity index (χ1) is 52.6. The van der Waals surface area contributed by atoms with Gasteiger partial charge in [-0.15, -0.1) is 0 Å². The molecule has 0 radical (unpaired) electrons. The van der Waals surface area contributed by atoms with Gasteiger partial charge in [-0.3, -0.25) is 0 Å². The molecule has 0 aliphatic rings. The molecular weight excluding hydrogens is 1290 g/mol. The standard InChI is InChI=1S/C53H35N3.C47H31N3/c1-3-16-36(17-4-1)38-20-15-21-39(30-38)49-34-41(33-48(54-49)37-18-5-2-6-19-37)40-31-42(55-50-26-11-7-22-44(50)45-23-8-12-27-51(45)55)35-43(32-40)56-52-28-13-9-24-46(52)47-25-10-14-29-53(47)56;1-3-15-32(16-4-1)42-29-35(30-43(48-42)33-17-5-2-6-18-33)34-27-36(49-44-23-11-7-19-38(44)39-20-8-12-24-45(39)49)31-37(28-34)50-46-25-13-9-21-40(46)41-22-10-14-26-47(41)50/h1-35H;1-31H. The van der Waals surface area contributed by atoms with E-state index in [2.05, 4.69) is 419 Å². The minimum atomic E-state index is 0.930. The molecule has 0 spiro atoms. The van der Waals surface area contributed by atoms with Crippen LogP contribution in [0.15, 0.2) is 400 Å². The summed E-state index contributed by atoms with van der Waals surface area (Å²) in [4.78, 5) is 10.5. The van der Waals surface area contributed by atoms with Crippen molar-refractivity contribution in [2.24, 2.45) is 0 Å². The van der Waals surface area contributed by atoms with Crippen molar-refractivity contribution < 1.29 is 0 Å². The molecular formula is C100H66N6. The van der Waals surface area contributed by atoms with E-state index in [4.69, 9.17) is 9.97 Å². The molecule has 0 amide bonds. The predicted octanol–water partition coefficient (Wildman–Crippen LogP) is 26.2. The largest absolute Gasteiger partial charge is 0.309 e. The smallest absolute Gasteiger partial charge is 0.0715 e. The number of para-hydroxylation sites is 8. The highest BCUT2D eigenvalue weighted by molar-refractivity contribution is 6.13. The molecule has 0 aliphatic heterocycles. The molecule has 0 N–H and O–H groups in total. The summed E-state index contributed by atoms with van der Waals surface area (Å²) in [5.74, 6) is 0. The normalized spacial score (nSPS) is 11.6. The van der Waals surface area contributed by atoms with E-state index in [-0.39, 0.29) is 0 Å². The molecule has 0 saturated carbocycles. The number of fused-ring (bicyclic) bond motifs is 12. The Kier molecular flexibility index (Phi) is 15.1. The Labute approximate surface area is 613 Å². The first-order valence-electron chi connectivity index (χ1n) is 36.2. The lowest BCUT2D eigenvalue weighted by molar-refractivity contribution is 1.13. The van der Waals surface area contributed by atoms with Crippen LogP contribution in [0.2, 0.25) is 0 Å². The summed E-state index contributed by atoms with van der Waals surface area (Å²) >= 11 is 0. The van der Waals surface area contributed by atoms with Crippen LogP contribution in [-0.2, 0) is 0 Å². The Morgan fingerprint density at radius 1 is 0.132 bits per heavy atom. The molecule has 0 atom stereocenters. The first-order valence-corrected chi connectivity index (χ1v) is 36.2. The van der Waals surface area contributed by atoms with Gasteiger partial charge in [-0.2, -0.15) is 0 Å². The fraction of sp³-hybridized carbons (Fsp3) is 0. The van der Waals surface area contributed by atoms with Gasteiger partial charge in [0.2, 0.25) is 0 Å². The molecule has 6 heteroatoms. The summed E-state index contributed by atoms with van der Waals surface area (Å²) in [6.07, 6.45) is 0. The van der Waals surface area contributed by atoms with Gasteiger partial charge in [0.1, 0.15) is 0 Å². The number of aromatic nitrogens is 6. The second kappa shape index (κ2) is 26.0. The summed E-state index contributed by atoms with van der Waals surface area (Å²) in [6.45, 7) is 0. The fourth-order valence-electron chi connectivity index (χ4n) is 16.1. The van der Waals surface area contributed by atoms with Crippen molar-refractivity contribution in [1.29, 1.82) is 0 Å². The molecule has 21 aromatic rings. The van der Waals surface area contributed by atoms with Gasteiger partial charge in [-0.25, -0.2) is 9.97 Å². The molecule has 106 heavy (non-hydrogen) atoms. The monoisotopic (exact) mass is 1350 g/mol. The number of hydrogen-bond donors (Lipinski definition) is 0. The van der Waals surface area contributed by atoms with E-state index in [1.54, 1.807) is 0 Å². The van der Waals surface area contributed by atoms with Gasteiger partial charge in [0.05, 0.1) is 66.9 Å².